The quantitative estimate of drug-likeness (QED) is 0.628. The number of hydrogen-bond acceptors (Lipinski definition) is 4. The van der Waals surface area contributed by atoms with Crippen LogP contribution in [0.25, 0.3) is 22.3 Å². The molecule has 118 valence electrons. The van der Waals surface area contributed by atoms with Crippen LogP contribution in [0.1, 0.15) is 16.0 Å². The number of aryl methyl sites for hydroxylation is 2. The van der Waals surface area contributed by atoms with E-state index < -0.39 is 0 Å². The van der Waals surface area contributed by atoms with Gasteiger partial charge in [0.25, 0.3) is 0 Å². The molecule has 23 heavy (non-hydrogen) atoms. The van der Waals surface area contributed by atoms with Crippen molar-refractivity contribution in [1.82, 2.24) is 0 Å². The first-order valence-electron chi connectivity index (χ1n) is 7.54. The number of nitrogen functional groups attached to an aromatic ring is 2. The number of rotatable bonds is 3. The summed E-state index contributed by atoms with van der Waals surface area (Å²) in [6.45, 7) is 4.71. The van der Waals surface area contributed by atoms with Gasteiger partial charge in [0.1, 0.15) is 0 Å². The molecule has 0 spiro atoms. The van der Waals surface area contributed by atoms with Gasteiger partial charge in [-0.05, 0) is 43.0 Å². The fraction of sp³-hybridized carbons (Fsp3) is 0.158. The molecule has 1 aromatic heterocycles. The lowest BCUT2D eigenvalue weighted by atomic mass is 9.93. The molecule has 3 nitrogen and oxygen atoms in total. The normalized spacial score (nSPS) is 10.9. The van der Waals surface area contributed by atoms with Crippen molar-refractivity contribution in [3.05, 3.63) is 57.8 Å². The summed E-state index contributed by atoms with van der Waals surface area (Å²) >= 11 is 1.67. The highest BCUT2D eigenvalue weighted by atomic mass is 32.1. The molecule has 0 fully saturated rings. The van der Waals surface area contributed by atoms with Crippen LogP contribution in [-0.2, 0) is 6.54 Å². The van der Waals surface area contributed by atoms with Gasteiger partial charge in [-0.3, -0.25) is 0 Å². The van der Waals surface area contributed by atoms with Crippen LogP contribution < -0.4 is 17.2 Å². The van der Waals surface area contributed by atoms with Gasteiger partial charge in [0.15, 0.2) is 0 Å². The molecule has 0 amide bonds. The van der Waals surface area contributed by atoms with Crippen LogP contribution in [0, 0.1) is 13.8 Å². The maximum absolute atomic E-state index is 6.22. The van der Waals surface area contributed by atoms with Crippen LogP contribution in [0.3, 0.4) is 0 Å². The second-order valence-corrected chi connectivity index (χ2v) is 6.84. The molecule has 0 unspecified atom stereocenters. The Morgan fingerprint density at radius 3 is 2.26 bits per heavy atom. The van der Waals surface area contributed by atoms with Crippen molar-refractivity contribution >= 4 is 22.7 Å². The van der Waals surface area contributed by atoms with Crippen LogP contribution in [0.4, 0.5) is 11.4 Å². The van der Waals surface area contributed by atoms with Gasteiger partial charge in [-0.15, -0.1) is 11.3 Å². The van der Waals surface area contributed by atoms with E-state index in [-0.39, 0.29) is 0 Å². The van der Waals surface area contributed by atoms with Crippen LogP contribution in [0.15, 0.2) is 41.8 Å². The summed E-state index contributed by atoms with van der Waals surface area (Å²) in [5.41, 5.74) is 26.5. The Morgan fingerprint density at radius 2 is 1.61 bits per heavy atom. The van der Waals surface area contributed by atoms with Gasteiger partial charge >= 0.3 is 0 Å². The monoisotopic (exact) mass is 323 g/mol. The summed E-state index contributed by atoms with van der Waals surface area (Å²) in [5, 5.41) is 2.16. The van der Waals surface area contributed by atoms with E-state index in [9.17, 15) is 0 Å². The molecule has 0 aliphatic carbocycles. The lowest BCUT2D eigenvalue weighted by Crippen LogP contribution is -1.99. The van der Waals surface area contributed by atoms with Crippen molar-refractivity contribution in [3.8, 4) is 22.3 Å². The highest BCUT2D eigenvalue weighted by molar-refractivity contribution is 7.11. The van der Waals surface area contributed by atoms with Gasteiger partial charge in [-0.1, -0.05) is 29.3 Å². The lowest BCUT2D eigenvalue weighted by molar-refractivity contribution is 1.11. The van der Waals surface area contributed by atoms with Gasteiger partial charge in [0.05, 0.1) is 0 Å². The third-order valence-corrected chi connectivity index (χ3v) is 4.94. The summed E-state index contributed by atoms with van der Waals surface area (Å²) < 4.78 is 0. The lowest BCUT2D eigenvalue weighted by Gasteiger charge is -2.12. The van der Waals surface area contributed by atoms with Crippen LogP contribution in [0.2, 0.25) is 0 Å². The fourth-order valence-electron chi connectivity index (χ4n) is 2.98. The second kappa shape index (κ2) is 6.07. The third-order valence-electron chi connectivity index (χ3n) is 3.93. The maximum Gasteiger partial charge on any atom is 0.0395 e. The Balaban J connectivity index is 2.28. The summed E-state index contributed by atoms with van der Waals surface area (Å²) in [6, 6.07) is 12.2. The van der Waals surface area contributed by atoms with E-state index >= 15 is 0 Å². The third kappa shape index (κ3) is 2.96. The summed E-state index contributed by atoms with van der Waals surface area (Å²) in [7, 11) is 0. The molecule has 2 aromatic carbocycles. The van der Waals surface area contributed by atoms with E-state index in [1.165, 1.54) is 22.3 Å². The highest BCUT2D eigenvalue weighted by Crippen LogP contribution is 2.42. The first kappa shape index (κ1) is 15.6. The Hall–Kier alpha value is -2.30. The van der Waals surface area contributed by atoms with Gasteiger partial charge in [0.2, 0.25) is 0 Å². The second-order valence-electron chi connectivity index (χ2n) is 5.87. The first-order valence-corrected chi connectivity index (χ1v) is 8.42. The van der Waals surface area contributed by atoms with E-state index in [0.29, 0.717) is 12.2 Å². The minimum Gasteiger partial charge on any atom is -0.399 e. The summed E-state index contributed by atoms with van der Waals surface area (Å²) in [5.74, 6) is 0. The summed E-state index contributed by atoms with van der Waals surface area (Å²) in [6.07, 6.45) is 0. The molecule has 3 rings (SSSR count). The van der Waals surface area contributed by atoms with Crippen molar-refractivity contribution in [3.63, 3.8) is 0 Å². The number of anilines is 2. The molecule has 4 heteroatoms. The zero-order valence-electron chi connectivity index (χ0n) is 13.4. The number of nitrogens with two attached hydrogens (primary N) is 3. The highest BCUT2D eigenvalue weighted by Gasteiger charge is 2.17. The minimum atomic E-state index is 0.485. The van der Waals surface area contributed by atoms with E-state index in [1.807, 2.05) is 18.2 Å². The number of hydrogen-bond donors (Lipinski definition) is 3. The SMILES string of the molecule is Cc1cc(C)cc(-c2csc(CN)c2-c2cc(N)ccc2N)c1. The molecule has 6 N–H and O–H groups in total. The minimum absolute atomic E-state index is 0.485. The topological polar surface area (TPSA) is 78.1 Å². The van der Waals surface area contributed by atoms with Crippen molar-refractivity contribution in [1.29, 1.82) is 0 Å². The van der Waals surface area contributed by atoms with Crippen molar-refractivity contribution in [2.45, 2.75) is 20.4 Å². The van der Waals surface area contributed by atoms with Crippen LogP contribution in [0.5, 0.6) is 0 Å². The number of thiophene rings is 1. The predicted molar refractivity (Wildman–Crippen MR) is 101 cm³/mol. The Morgan fingerprint density at radius 1 is 0.913 bits per heavy atom. The molecular weight excluding hydrogens is 302 g/mol. The van der Waals surface area contributed by atoms with Crippen molar-refractivity contribution < 1.29 is 0 Å². The Labute approximate surface area is 140 Å². The molecule has 0 saturated carbocycles. The zero-order chi connectivity index (χ0) is 16.6. The summed E-state index contributed by atoms with van der Waals surface area (Å²) in [4.78, 5) is 1.12. The molecule has 3 aromatic rings. The van der Waals surface area contributed by atoms with E-state index in [1.54, 1.807) is 11.3 Å². The average molecular weight is 323 g/mol. The molecular formula is C19H21N3S. The van der Waals surface area contributed by atoms with Crippen molar-refractivity contribution in [2.75, 3.05) is 11.5 Å². The van der Waals surface area contributed by atoms with E-state index in [2.05, 4.69) is 37.4 Å². The molecule has 1 heterocycles. The smallest absolute Gasteiger partial charge is 0.0395 e. The zero-order valence-corrected chi connectivity index (χ0v) is 14.2. The Kier molecular flexibility index (Phi) is 4.11. The molecule has 0 atom stereocenters. The molecule has 0 aliphatic rings. The first-order chi connectivity index (χ1) is 11.0. The van der Waals surface area contributed by atoms with E-state index in [0.717, 1.165) is 21.7 Å². The fourth-order valence-corrected chi connectivity index (χ4v) is 3.92. The standard InChI is InChI=1S/C19H21N3S/c1-11-5-12(2)7-13(6-11)16-10-23-18(9-20)19(16)15-8-14(21)3-4-17(15)22/h3-8,10H,9,20-22H2,1-2H3. The van der Waals surface area contributed by atoms with Crippen LogP contribution in [-0.4, -0.2) is 0 Å². The van der Waals surface area contributed by atoms with Gasteiger partial charge in [0, 0.05) is 39.5 Å². The van der Waals surface area contributed by atoms with Crippen LogP contribution >= 0.6 is 11.3 Å². The number of benzene rings is 2. The Bertz CT molecular complexity index is 845. The van der Waals surface area contributed by atoms with Gasteiger partial charge in [-0.2, -0.15) is 0 Å². The molecule has 0 radical (unpaired) electrons. The molecule has 0 saturated heterocycles. The average Bonchev–Trinajstić information content (AvgIpc) is 2.92. The van der Waals surface area contributed by atoms with Gasteiger partial charge in [-0.25, -0.2) is 0 Å². The maximum atomic E-state index is 6.22. The molecule has 0 bridgehead atoms. The predicted octanol–water partition coefficient (Wildman–Crippen LogP) is 4.32. The largest absolute Gasteiger partial charge is 0.399 e. The van der Waals surface area contributed by atoms with Crippen molar-refractivity contribution in [2.24, 2.45) is 5.73 Å². The van der Waals surface area contributed by atoms with Gasteiger partial charge < -0.3 is 17.2 Å². The molecule has 0 aliphatic heterocycles. The van der Waals surface area contributed by atoms with E-state index in [4.69, 9.17) is 17.2 Å².